The quantitative estimate of drug-likeness (QED) is 0.377. The summed E-state index contributed by atoms with van der Waals surface area (Å²) in [6.07, 6.45) is 0. The molecule has 60 valence electrons. The molecule has 0 amide bonds. The molecule has 3 aliphatic heterocycles. The number of likely N-dealkylation sites (N-methyl/N-ethyl adjacent to an activating group) is 1. The van der Waals surface area contributed by atoms with Crippen molar-refractivity contribution >= 4 is 0 Å². The van der Waals surface area contributed by atoms with E-state index >= 15 is 0 Å². The maximum Gasteiger partial charge on any atom is 0.0914 e. The van der Waals surface area contributed by atoms with Crippen LogP contribution in [0, 0.1) is 0 Å². The molecule has 3 heterocycles. The van der Waals surface area contributed by atoms with Gasteiger partial charge in [-0.1, -0.05) is 0 Å². The molecular weight excluding hydrogens is 192 g/mol. The predicted molar refractivity (Wildman–Crippen MR) is 37.2 cm³/mol. The fourth-order valence-electron chi connectivity index (χ4n) is 1.82. The van der Waals surface area contributed by atoms with Gasteiger partial charge in [0.2, 0.25) is 0 Å². The number of nitrogens with zero attached hydrogens (tertiary/aromatic N) is 2. The van der Waals surface area contributed by atoms with Gasteiger partial charge in [0.05, 0.1) is 26.7 Å². The smallest absolute Gasteiger partial charge is 0.0914 e. The molecular formula is C7H15BrN2. The van der Waals surface area contributed by atoms with Crippen molar-refractivity contribution in [3.63, 3.8) is 0 Å². The van der Waals surface area contributed by atoms with Gasteiger partial charge in [0.15, 0.2) is 0 Å². The maximum atomic E-state index is 2.57. The molecule has 2 nitrogen and oxygen atoms in total. The van der Waals surface area contributed by atoms with Gasteiger partial charge in [0.25, 0.3) is 0 Å². The fourth-order valence-corrected chi connectivity index (χ4v) is 1.82. The molecule has 3 aliphatic rings. The molecule has 3 rings (SSSR count). The SMILES string of the molecule is C[N+]12CCN(CC1)CC2.[Br-]. The van der Waals surface area contributed by atoms with Crippen molar-refractivity contribution in [3.8, 4) is 0 Å². The molecule has 0 aromatic heterocycles. The molecule has 0 saturated carbocycles. The van der Waals surface area contributed by atoms with Crippen molar-refractivity contribution in [1.29, 1.82) is 0 Å². The van der Waals surface area contributed by atoms with E-state index in [0.717, 1.165) is 0 Å². The highest BCUT2D eigenvalue weighted by atomic mass is 79.9. The highest BCUT2D eigenvalue weighted by molar-refractivity contribution is 4.68. The van der Waals surface area contributed by atoms with Crippen LogP contribution in [0.4, 0.5) is 0 Å². The van der Waals surface area contributed by atoms with Crippen LogP contribution in [-0.2, 0) is 0 Å². The second-order valence-corrected chi connectivity index (χ2v) is 3.63. The third-order valence-electron chi connectivity index (χ3n) is 2.87. The third kappa shape index (κ3) is 1.36. The molecule has 0 N–H and O–H groups in total. The van der Waals surface area contributed by atoms with Crippen LogP contribution in [0.25, 0.3) is 0 Å². The van der Waals surface area contributed by atoms with Gasteiger partial charge < -0.3 is 21.5 Å². The van der Waals surface area contributed by atoms with E-state index < -0.39 is 0 Å². The van der Waals surface area contributed by atoms with E-state index in [9.17, 15) is 0 Å². The highest BCUT2D eigenvalue weighted by Gasteiger charge is 2.34. The molecule has 0 unspecified atom stereocenters. The summed E-state index contributed by atoms with van der Waals surface area (Å²) in [6, 6.07) is 0. The summed E-state index contributed by atoms with van der Waals surface area (Å²) in [5.74, 6) is 0. The molecule has 2 bridgehead atoms. The Kier molecular flexibility index (Phi) is 2.38. The topological polar surface area (TPSA) is 3.24 Å². The lowest BCUT2D eigenvalue weighted by molar-refractivity contribution is -0.922. The van der Waals surface area contributed by atoms with E-state index in [1.807, 2.05) is 0 Å². The Hall–Kier alpha value is 0.400. The second-order valence-electron chi connectivity index (χ2n) is 3.63. The van der Waals surface area contributed by atoms with E-state index in [-0.39, 0.29) is 17.0 Å². The number of rotatable bonds is 0. The summed E-state index contributed by atoms with van der Waals surface area (Å²) in [7, 11) is 2.39. The van der Waals surface area contributed by atoms with Crippen LogP contribution in [-0.4, -0.2) is 55.7 Å². The molecule has 0 aromatic rings. The van der Waals surface area contributed by atoms with Gasteiger partial charge in [-0.2, -0.15) is 0 Å². The highest BCUT2D eigenvalue weighted by Crippen LogP contribution is 2.15. The van der Waals surface area contributed by atoms with Gasteiger partial charge in [-0.05, 0) is 0 Å². The van der Waals surface area contributed by atoms with Crippen LogP contribution in [0.2, 0.25) is 0 Å². The van der Waals surface area contributed by atoms with Gasteiger partial charge in [-0.15, -0.1) is 0 Å². The second kappa shape index (κ2) is 2.80. The zero-order valence-corrected chi connectivity index (χ0v) is 8.10. The van der Waals surface area contributed by atoms with E-state index in [0.29, 0.717) is 0 Å². The van der Waals surface area contributed by atoms with Crippen LogP contribution >= 0.6 is 0 Å². The number of piperazine rings is 3. The molecule has 0 aromatic carbocycles. The van der Waals surface area contributed by atoms with E-state index in [1.54, 1.807) is 0 Å². The van der Waals surface area contributed by atoms with Crippen LogP contribution < -0.4 is 17.0 Å². The van der Waals surface area contributed by atoms with Gasteiger partial charge in [-0.3, -0.25) is 4.90 Å². The molecule has 0 aliphatic carbocycles. The van der Waals surface area contributed by atoms with Crippen molar-refractivity contribution < 1.29 is 21.5 Å². The summed E-state index contributed by atoms with van der Waals surface area (Å²) in [5.41, 5.74) is 0. The largest absolute Gasteiger partial charge is 1.00 e. The van der Waals surface area contributed by atoms with Crippen LogP contribution in [0.5, 0.6) is 0 Å². The lowest BCUT2D eigenvalue weighted by atomic mass is 10.2. The molecule has 3 fully saturated rings. The fraction of sp³-hybridized carbons (Fsp3) is 1.00. The first-order chi connectivity index (χ1) is 4.29. The Morgan fingerprint density at radius 3 is 1.60 bits per heavy atom. The maximum absolute atomic E-state index is 2.57. The first-order valence-corrected chi connectivity index (χ1v) is 3.84. The number of hydrogen-bond acceptors (Lipinski definition) is 1. The van der Waals surface area contributed by atoms with Crippen molar-refractivity contribution in [3.05, 3.63) is 0 Å². The summed E-state index contributed by atoms with van der Waals surface area (Å²) < 4.78 is 1.34. The molecule has 3 heteroatoms. The number of hydrogen-bond donors (Lipinski definition) is 0. The van der Waals surface area contributed by atoms with Gasteiger partial charge in [-0.25, -0.2) is 0 Å². The Morgan fingerprint density at radius 1 is 1.00 bits per heavy atom. The average molecular weight is 207 g/mol. The third-order valence-corrected chi connectivity index (χ3v) is 2.87. The zero-order chi connectivity index (χ0) is 6.32. The van der Waals surface area contributed by atoms with Crippen molar-refractivity contribution in [1.82, 2.24) is 4.90 Å². The predicted octanol–water partition coefficient (Wildman–Crippen LogP) is -3.23. The number of quaternary nitrogens is 1. The first-order valence-electron chi connectivity index (χ1n) is 3.84. The molecule has 3 saturated heterocycles. The lowest BCUT2D eigenvalue weighted by Gasteiger charge is -2.48. The summed E-state index contributed by atoms with van der Waals surface area (Å²) in [4.78, 5) is 2.57. The Bertz CT molecular complexity index is 105. The van der Waals surface area contributed by atoms with E-state index in [4.69, 9.17) is 0 Å². The molecule has 10 heavy (non-hydrogen) atoms. The zero-order valence-electron chi connectivity index (χ0n) is 6.52. The Labute approximate surface area is 73.2 Å². The summed E-state index contributed by atoms with van der Waals surface area (Å²) >= 11 is 0. The van der Waals surface area contributed by atoms with Crippen LogP contribution in [0.1, 0.15) is 0 Å². The van der Waals surface area contributed by atoms with Gasteiger partial charge in [0, 0.05) is 19.6 Å². The molecule has 0 atom stereocenters. The molecule has 0 spiro atoms. The number of fused-ring (bicyclic) bond motifs is 3. The van der Waals surface area contributed by atoms with Gasteiger partial charge in [0.1, 0.15) is 0 Å². The van der Waals surface area contributed by atoms with Crippen LogP contribution in [0.15, 0.2) is 0 Å². The monoisotopic (exact) mass is 206 g/mol. The summed E-state index contributed by atoms with van der Waals surface area (Å²) in [5, 5.41) is 0. The minimum atomic E-state index is 0. The Morgan fingerprint density at radius 2 is 1.40 bits per heavy atom. The van der Waals surface area contributed by atoms with E-state index in [1.165, 1.54) is 43.8 Å². The average Bonchev–Trinajstić information content (AvgIpc) is 1.90. The van der Waals surface area contributed by atoms with Crippen molar-refractivity contribution in [2.75, 3.05) is 46.3 Å². The van der Waals surface area contributed by atoms with Crippen molar-refractivity contribution in [2.24, 2.45) is 0 Å². The van der Waals surface area contributed by atoms with Gasteiger partial charge >= 0.3 is 0 Å². The standard InChI is InChI=1S/C7H15N2.BrH/c1-9-5-2-8(3-6-9)4-7-9;/h2-7H2,1H3;1H/q+1;/p-1. The first kappa shape index (κ1) is 8.50. The van der Waals surface area contributed by atoms with E-state index in [2.05, 4.69) is 11.9 Å². The Balaban J connectivity index is 0.000000500. The normalized spacial score (nSPS) is 44.7. The minimum Gasteiger partial charge on any atom is -1.00 e. The summed E-state index contributed by atoms with van der Waals surface area (Å²) in [6.45, 7) is 8.20. The van der Waals surface area contributed by atoms with Crippen LogP contribution in [0.3, 0.4) is 0 Å². The lowest BCUT2D eigenvalue weighted by Crippen LogP contribution is -3.00. The van der Waals surface area contributed by atoms with Crippen molar-refractivity contribution in [2.45, 2.75) is 0 Å². The minimum absolute atomic E-state index is 0. The number of halogens is 1. The molecule has 0 radical (unpaired) electrons.